The minimum absolute atomic E-state index is 0.503. The van der Waals surface area contributed by atoms with Gasteiger partial charge in [-0.15, -0.1) is 0 Å². The van der Waals surface area contributed by atoms with Gasteiger partial charge in [0.15, 0.2) is 0 Å². The van der Waals surface area contributed by atoms with Crippen LogP contribution in [0.3, 0.4) is 0 Å². The van der Waals surface area contributed by atoms with Crippen LogP contribution in [0, 0.1) is 0 Å². The maximum atomic E-state index is 6.38. The summed E-state index contributed by atoms with van der Waals surface area (Å²) in [4.78, 5) is 0. The van der Waals surface area contributed by atoms with E-state index >= 15 is 0 Å². The van der Waals surface area contributed by atoms with Gasteiger partial charge >= 0.3 is 0 Å². The Morgan fingerprint density at radius 1 is 0.833 bits per heavy atom. The van der Waals surface area contributed by atoms with Gasteiger partial charge in [0.1, 0.15) is 0 Å². The fourth-order valence-electron chi connectivity index (χ4n) is 4.27. The van der Waals surface area contributed by atoms with Crippen LogP contribution in [0.25, 0.3) is 12.2 Å². The summed E-state index contributed by atoms with van der Waals surface area (Å²) in [6.45, 7) is 4.50. The Bertz CT molecular complexity index is 802. The first-order chi connectivity index (χ1) is 11.6. The summed E-state index contributed by atoms with van der Waals surface area (Å²) in [5.74, 6) is 1.04. The molecule has 0 heterocycles. The molecular weight excluding hydrogens is 380 g/mol. The molecule has 0 aliphatic heterocycles. The number of allylic oxidation sites excluding steroid dienone is 2. The summed E-state index contributed by atoms with van der Waals surface area (Å²) in [6, 6.07) is 12.9. The predicted molar refractivity (Wildman–Crippen MR) is 108 cm³/mol. The van der Waals surface area contributed by atoms with Crippen LogP contribution >= 0.6 is 27.5 Å². The molecule has 122 valence electrons. The number of halogens is 2. The minimum atomic E-state index is 0.503. The average molecular weight is 400 g/mol. The van der Waals surface area contributed by atoms with Crippen molar-refractivity contribution in [2.75, 3.05) is 0 Å². The van der Waals surface area contributed by atoms with Crippen LogP contribution in [0.4, 0.5) is 0 Å². The first kappa shape index (κ1) is 16.2. The zero-order chi connectivity index (χ0) is 16.8. The quantitative estimate of drug-likeness (QED) is 0.499. The van der Waals surface area contributed by atoms with Crippen molar-refractivity contribution in [1.29, 1.82) is 0 Å². The first-order valence-corrected chi connectivity index (χ1v) is 9.66. The van der Waals surface area contributed by atoms with E-state index in [0.717, 1.165) is 11.4 Å². The lowest BCUT2D eigenvalue weighted by molar-refractivity contribution is 0.611. The van der Waals surface area contributed by atoms with Crippen molar-refractivity contribution in [2.24, 2.45) is 0 Å². The molecule has 0 radical (unpaired) electrons. The highest BCUT2D eigenvalue weighted by atomic mass is 79.9. The maximum Gasteiger partial charge on any atom is 0.0481 e. The van der Waals surface area contributed by atoms with Gasteiger partial charge in [0.05, 0.1) is 0 Å². The van der Waals surface area contributed by atoms with E-state index in [-0.39, 0.29) is 0 Å². The molecule has 0 fully saturated rings. The SMILES string of the molecule is CC1=Cc2c(Cl)cccc2C1CCC1C(C)=Cc2c(Br)cccc21. The smallest absolute Gasteiger partial charge is 0.0481 e. The van der Waals surface area contributed by atoms with Gasteiger partial charge in [-0.25, -0.2) is 0 Å². The van der Waals surface area contributed by atoms with Gasteiger partial charge in [0, 0.05) is 21.3 Å². The lowest BCUT2D eigenvalue weighted by atomic mass is 9.85. The lowest BCUT2D eigenvalue weighted by Gasteiger charge is -2.20. The molecule has 0 amide bonds. The molecule has 0 aromatic heterocycles. The highest BCUT2D eigenvalue weighted by Gasteiger charge is 2.28. The first-order valence-electron chi connectivity index (χ1n) is 8.49. The Morgan fingerprint density at radius 2 is 1.38 bits per heavy atom. The van der Waals surface area contributed by atoms with Crippen LogP contribution in [0.2, 0.25) is 5.02 Å². The summed E-state index contributed by atoms with van der Waals surface area (Å²) in [5.41, 5.74) is 8.36. The molecular formula is C22H20BrCl. The second-order valence-corrected chi connectivity index (χ2v) is 8.21. The highest BCUT2D eigenvalue weighted by Crippen LogP contribution is 2.46. The number of rotatable bonds is 3. The van der Waals surface area contributed by atoms with Crippen molar-refractivity contribution in [3.8, 4) is 0 Å². The third kappa shape index (κ3) is 2.59. The van der Waals surface area contributed by atoms with E-state index < -0.39 is 0 Å². The molecule has 2 aromatic carbocycles. The zero-order valence-electron chi connectivity index (χ0n) is 13.9. The van der Waals surface area contributed by atoms with E-state index in [1.807, 2.05) is 6.07 Å². The van der Waals surface area contributed by atoms with Crippen LogP contribution in [-0.4, -0.2) is 0 Å². The van der Waals surface area contributed by atoms with Gasteiger partial charge in [-0.05, 0) is 61.1 Å². The number of fused-ring (bicyclic) bond motifs is 2. The zero-order valence-corrected chi connectivity index (χ0v) is 16.3. The molecule has 0 saturated carbocycles. The molecule has 4 rings (SSSR count). The summed E-state index contributed by atoms with van der Waals surface area (Å²) >= 11 is 10.1. The van der Waals surface area contributed by atoms with Crippen molar-refractivity contribution in [1.82, 2.24) is 0 Å². The lowest BCUT2D eigenvalue weighted by Crippen LogP contribution is -2.03. The Hall–Kier alpha value is -1.31. The van der Waals surface area contributed by atoms with Crippen molar-refractivity contribution in [3.63, 3.8) is 0 Å². The van der Waals surface area contributed by atoms with E-state index in [1.54, 1.807) is 0 Å². The van der Waals surface area contributed by atoms with Crippen molar-refractivity contribution < 1.29 is 0 Å². The molecule has 0 nitrogen and oxygen atoms in total. The third-order valence-electron chi connectivity index (χ3n) is 5.51. The predicted octanol–water partition coefficient (Wildman–Crippen LogP) is 7.58. The van der Waals surface area contributed by atoms with Gasteiger partial charge in [0.2, 0.25) is 0 Å². The maximum absolute atomic E-state index is 6.38. The molecule has 2 aliphatic rings. The summed E-state index contributed by atoms with van der Waals surface area (Å²) in [6.07, 6.45) is 6.95. The Balaban J connectivity index is 1.58. The summed E-state index contributed by atoms with van der Waals surface area (Å²) in [5, 5.41) is 0.876. The van der Waals surface area contributed by atoms with Crippen molar-refractivity contribution in [2.45, 2.75) is 38.5 Å². The van der Waals surface area contributed by atoms with Crippen LogP contribution in [0.1, 0.15) is 60.8 Å². The van der Waals surface area contributed by atoms with Gasteiger partial charge in [-0.3, -0.25) is 0 Å². The van der Waals surface area contributed by atoms with E-state index in [2.05, 4.69) is 72.3 Å². The van der Waals surface area contributed by atoms with Crippen LogP contribution in [0.15, 0.2) is 52.0 Å². The number of hydrogen-bond donors (Lipinski definition) is 0. The van der Waals surface area contributed by atoms with E-state index in [9.17, 15) is 0 Å². The van der Waals surface area contributed by atoms with Crippen molar-refractivity contribution in [3.05, 3.63) is 79.3 Å². The number of benzene rings is 2. The molecule has 2 aromatic rings. The van der Waals surface area contributed by atoms with Gasteiger partial charge in [-0.2, -0.15) is 0 Å². The molecule has 0 bridgehead atoms. The standard InChI is InChI=1S/C22H20BrCl/c1-13-11-19-17(5-3-7-21(19)23)15(13)9-10-16-14(2)12-20-18(16)6-4-8-22(20)24/h3-8,11-12,15-16H,9-10H2,1-2H3. The Morgan fingerprint density at radius 3 is 2.04 bits per heavy atom. The third-order valence-corrected chi connectivity index (χ3v) is 6.53. The molecule has 2 atom stereocenters. The largest absolute Gasteiger partial charge is 0.0837 e. The summed E-state index contributed by atoms with van der Waals surface area (Å²) < 4.78 is 1.20. The molecule has 0 spiro atoms. The second kappa shape index (κ2) is 6.20. The van der Waals surface area contributed by atoms with Gasteiger partial charge < -0.3 is 0 Å². The normalized spacial score (nSPS) is 21.3. The Labute approximate surface area is 157 Å². The fourth-order valence-corrected chi connectivity index (χ4v) is 5.00. The molecule has 2 aliphatic carbocycles. The van der Waals surface area contributed by atoms with Crippen LogP contribution < -0.4 is 0 Å². The molecule has 2 heteroatoms. The highest BCUT2D eigenvalue weighted by molar-refractivity contribution is 9.10. The van der Waals surface area contributed by atoms with Crippen LogP contribution in [-0.2, 0) is 0 Å². The topological polar surface area (TPSA) is 0 Å². The Kier molecular flexibility index (Phi) is 4.18. The monoisotopic (exact) mass is 398 g/mol. The van der Waals surface area contributed by atoms with Crippen molar-refractivity contribution >= 4 is 39.7 Å². The van der Waals surface area contributed by atoms with Gasteiger partial charge in [0.25, 0.3) is 0 Å². The minimum Gasteiger partial charge on any atom is -0.0837 e. The fraction of sp³-hybridized carbons (Fsp3) is 0.273. The van der Waals surface area contributed by atoms with E-state index in [0.29, 0.717) is 11.8 Å². The second-order valence-electron chi connectivity index (χ2n) is 6.94. The summed E-state index contributed by atoms with van der Waals surface area (Å²) in [7, 11) is 0. The molecule has 24 heavy (non-hydrogen) atoms. The van der Waals surface area contributed by atoms with Crippen LogP contribution in [0.5, 0.6) is 0 Å². The molecule has 0 N–H and O–H groups in total. The van der Waals surface area contributed by atoms with Gasteiger partial charge in [-0.1, -0.05) is 75.1 Å². The molecule has 0 saturated heterocycles. The van der Waals surface area contributed by atoms with E-state index in [4.69, 9.17) is 11.6 Å². The molecule has 2 unspecified atom stereocenters. The van der Waals surface area contributed by atoms with E-state index in [1.165, 1.54) is 44.3 Å². The number of hydrogen-bond acceptors (Lipinski definition) is 0. The average Bonchev–Trinajstić information content (AvgIpc) is 3.04.